The third-order valence-electron chi connectivity index (χ3n) is 4.09. The van der Waals surface area contributed by atoms with E-state index >= 15 is 0 Å². The van der Waals surface area contributed by atoms with Crippen LogP contribution in [0.3, 0.4) is 0 Å². The van der Waals surface area contributed by atoms with Gasteiger partial charge in [-0.1, -0.05) is 36.5 Å². The van der Waals surface area contributed by atoms with Gasteiger partial charge in [0.15, 0.2) is 5.11 Å². The smallest absolute Gasteiger partial charge is 0.173 e. The van der Waals surface area contributed by atoms with E-state index in [1.165, 1.54) is 10.4 Å². The number of hydrogen-bond acceptors (Lipinski definition) is 2. The van der Waals surface area contributed by atoms with Crippen LogP contribution in [-0.2, 0) is 6.42 Å². The van der Waals surface area contributed by atoms with Gasteiger partial charge in [-0.25, -0.2) is 0 Å². The van der Waals surface area contributed by atoms with Crippen molar-refractivity contribution in [1.82, 2.24) is 4.90 Å². The Morgan fingerprint density at radius 1 is 1.39 bits per heavy atom. The molecule has 1 atom stereocenters. The molecular weight excluding hydrogens is 367 g/mol. The summed E-state index contributed by atoms with van der Waals surface area (Å²) < 4.78 is 0. The summed E-state index contributed by atoms with van der Waals surface area (Å²) in [5, 5.41) is 7.40. The van der Waals surface area contributed by atoms with Crippen molar-refractivity contribution in [1.29, 1.82) is 0 Å². The van der Waals surface area contributed by atoms with Crippen LogP contribution in [0.1, 0.15) is 36.2 Å². The van der Waals surface area contributed by atoms with Crippen LogP contribution in [-0.4, -0.2) is 16.6 Å². The molecule has 6 heteroatoms. The fourth-order valence-corrected chi connectivity index (χ4v) is 4.71. The molecule has 0 saturated heterocycles. The van der Waals surface area contributed by atoms with Crippen molar-refractivity contribution in [2.75, 3.05) is 11.9 Å². The lowest BCUT2D eigenvalue weighted by molar-refractivity contribution is 0.289. The van der Waals surface area contributed by atoms with E-state index in [-0.39, 0.29) is 0 Å². The minimum Gasteiger partial charge on any atom is -0.342 e. The molecule has 0 fully saturated rings. The molecule has 3 rings (SSSR count). The molecule has 1 unspecified atom stereocenters. The zero-order valence-electron chi connectivity index (χ0n) is 12.8. The van der Waals surface area contributed by atoms with Gasteiger partial charge in [0.1, 0.15) is 0 Å². The number of halogens is 2. The van der Waals surface area contributed by atoms with Crippen LogP contribution >= 0.6 is 46.8 Å². The largest absolute Gasteiger partial charge is 0.342 e. The second-order valence-electron chi connectivity index (χ2n) is 5.60. The van der Waals surface area contributed by atoms with Crippen LogP contribution in [0.2, 0.25) is 10.0 Å². The van der Waals surface area contributed by atoms with Gasteiger partial charge in [0.25, 0.3) is 0 Å². The Hall–Kier alpha value is -0.810. The van der Waals surface area contributed by atoms with E-state index in [2.05, 4.69) is 28.6 Å². The highest BCUT2D eigenvalue weighted by atomic mass is 35.5. The zero-order valence-corrected chi connectivity index (χ0v) is 16.0. The molecule has 0 radical (unpaired) electrons. The van der Waals surface area contributed by atoms with Gasteiger partial charge in [-0.05, 0) is 60.3 Å². The predicted octanol–water partition coefficient (Wildman–Crippen LogP) is 6.15. The van der Waals surface area contributed by atoms with Crippen molar-refractivity contribution in [2.24, 2.45) is 0 Å². The summed E-state index contributed by atoms with van der Waals surface area (Å²) in [6, 6.07) is 8.00. The lowest BCUT2D eigenvalue weighted by Gasteiger charge is -2.38. The first kappa shape index (κ1) is 17.0. The first-order valence-corrected chi connectivity index (χ1v) is 9.73. The highest BCUT2D eigenvalue weighted by molar-refractivity contribution is 7.80. The number of nitrogens with one attached hydrogen (secondary N) is 1. The third-order valence-corrected chi connectivity index (χ3v) is 5.97. The van der Waals surface area contributed by atoms with Crippen LogP contribution < -0.4 is 5.32 Å². The fourth-order valence-electron chi connectivity index (χ4n) is 3.00. The van der Waals surface area contributed by atoms with Crippen molar-refractivity contribution in [3.8, 4) is 0 Å². The van der Waals surface area contributed by atoms with E-state index in [0.717, 1.165) is 36.6 Å². The standard InChI is InChI=1S/C17H18Cl2N2S2/c1-2-3-15-12-7-9-23-16(12)6-8-21(15)17(22)20-14-5-4-11(18)10-13(14)19/h4-5,7,9-10,15H,2-3,6,8H2,1H3,(H,20,22). The number of benzene rings is 1. The molecule has 0 spiro atoms. The molecule has 2 heterocycles. The summed E-state index contributed by atoms with van der Waals surface area (Å²) in [7, 11) is 0. The Balaban J connectivity index is 1.81. The summed E-state index contributed by atoms with van der Waals surface area (Å²) in [6.07, 6.45) is 3.27. The van der Waals surface area contributed by atoms with Crippen LogP contribution in [0.5, 0.6) is 0 Å². The fraction of sp³-hybridized carbons (Fsp3) is 0.353. The lowest BCUT2D eigenvalue weighted by atomic mass is 9.96. The molecule has 0 saturated carbocycles. The number of thiophene rings is 1. The molecule has 1 N–H and O–H groups in total. The molecule has 1 aliphatic rings. The summed E-state index contributed by atoms with van der Waals surface area (Å²) in [4.78, 5) is 3.78. The molecule has 0 bridgehead atoms. The van der Waals surface area contributed by atoms with Crippen LogP contribution in [0.4, 0.5) is 5.69 Å². The van der Waals surface area contributed by atoms with E-state index < -0.39 is 0 Å². The molecule has 1 aromatic carbocycles. The molecule has 122 valence electrons. The maximum Gasteiger partial charge on any atom is 0.173 e. The van der Waals surface area contributed by atoms with Gasteiger partial charge in [-0.15, -0.1) is 11.3 Å². The molecule has 1 aromatic heterocycles. The Bertz CT molecular complexity index is 714. The lowest BCUT2D eigenvalue weighted by Crippen LogP contribution is -2.41. The Labute approximate surface area is 156 Å². The number of anilines is 1. The topological polar surface area (TPSA) is 15.3 Å². The highest BCUT2D eigenvalue weighted by Crippen LogP contribution is 2.36. The monoisotopic (exact) mass is 384 g/mol. The third kappa shape index (κ3) is 3.66. The molecule has 2 aromatic rings. The average Bonchev–Trinajstić information content (AvgIpc) is 2.99. The Morgan fingerprint density at radius 3 is 2.96 bits per heavy atom. The maximum absolute atomic E-state index is 6.25. The van der Waals surface area contributed by atoms with Gasteiger partial charge in [-0.2, -0.15) is 0 Å². The quantitative estimate of drug-likeness (QED) is 0.638. The van der Waals surface area contributed by atoms with E-state index in [0.29, 0.717) is 16.1 Å². The van der Waals surface area contributed by atoms with Crippen LogP contribution in [0.15, 0.2) is 29.6 Å². The Kier molecular flexibility index (Phi) is 5.47. The Morgan fingerprint density at radius 2 is 2.22 bits per heavy atom. The van der Waals surface area contributed by atoms with E-state index in [9.17, 15) is 0 Å². The van der Waals surface area contributed by atoms with Gasteiger partial charge < -0.3 is 10.2 Å². The first-order valence-electron chi connectivity index (χ1n) is 7.69. The number of hydrogen-bond donors (Lipinski definition) is 1. The van der Waals surface area contributed by atoms with E-state index in [1.54, 1.807) is 6.07 Å². The SMILES string of the molecule is CCCC1c2ccsc2CCN1C(=S)Nc1ccc(Cl)cc1Cl. The molecule has 0 amide bonds. The molecule has 23 heavy (non-hydrogen) atoms. The summed E-state index contributed by atoms with van der Waals surface area (Å²) in [6.45, 7) is 3.15. The van der Waals surface area contributed by atoms with Crippen molar-refractivity contribution >= 4 is 57.6 Å². The van der Waals surface area contributed by atoms with Crippen molar-refractivity contribution in [2.45, 2.75) is 32.2 Å². The molecule has 2 nitrogen and oxygen atoms in total. The van der Waals surface area contributed by atoms with Gasteiger partial charge in [0.2, 0.25) is 0 Å². The highest BCUT2D eigenvalue weighted by Gasteiger charge is 2.29. The maximum atomic E-state index is 6.25. The van der Waals surface area contributed by atoms with Gasteiger partial charge in [0, 0.05) is 16.4 Å². The minimum absolute atomic E-state index is 0.348. The van der Waals surface area contributed by atoms with Crippen molar-refractivity contribution in [3.63, 3.8) is 0 Å². The van der Waals surface area contributed by atoms with Crippen LogP contribution in [0, 0.1) is 0 Å². The zero-order chi connectivity index (χ0) is 16.4. The second-order valence-corrected chi connectivity index (χ2v) is 7.83. The summed E-state index contributed by atoms with van der Waals surface area (Å²) in [5.41, 5.74) is 2.22. The van der Waals surface area contributed by atoms with Crippen LogP contribution in [0.25, 0.3) is 0 Å². The number of rotatable bonds is 3. The molecule has 0 aliphatic carbocycles. The van der Waals surface area contributed by atoms with E-state index in [4.69, 9.17) is 35.4 Å². The summed E-state index contributed by atoms with van der Waals surface area (Å²) in [5.74, 6) is 0. The second kappa shape index (κ2) is 7.39. The average molecular weight is 385 g/mol. The first-order chi connectivity index (χ1) is 11.1. The normalized spacial score (nSPS) is 17.0. The number of nitrogens with zero attached hydrogens (tertiary/aromatic N) is 1. The van der Waals surface area contributed by atoms with Gasteiger partial charge >= 0.3 is 0 Å². The van der Waals surface area contributed by atoms with E-state index in [1.807, 2.05) is 23.5 Å². The summed E-state index contributed by atoms with van der Waals surface area (Å²) >= 11 is 19.7. The van der Waals surface area contributed by atoms with Crippen molar-refractivity contribution in [3.05, 3.63) is 50.1 Å². The van der Waals surface area contributed by atoms with Crippen molar-refractivity contribution < 1.29 is 0 Å². The number of thiocarbonyl (C=S) groups is 1. The predicted molar refractivity (Wildman–Crippen MR) is 105 cm³/mol. The van der Waals surface area contributed by atoms with Gasteiger partial charge in [-0.3, -0.25) is 0 Å². The molecule has 1 aliphatic heterocycles. The van der Waals surface area contributed by atoms with Gasteiger partial charge in [0.05, 0.1) is 16.8 Å². The molecular formula is C17H18Cl2N2S2. The number of fused-ring (bicyclic) bond motifs is 1. The minimum atomic E-state index is 0.348.